The second-order valence-electron chi connectivity index (χ2n) is 6.36. The highest BCUT2D eigenvalue weighted by Crippen LogP contribution is 2.39. The molecule has 30 heavy (non-hydrogen) atoms. The van der Waals surface area contributed by atoms with Crippen LogP contribution in [0.15, 0.2) is 22.4 Å². The van der Waals surface area contributed by atoms with Crippen molar-refractivity contribution in [2.45, 2.75) is 29.9 Å². The predicted molar refractivity (Wildman–Crippen MR) is 120 cm³/mol. The zero-order valence-electron chi connectivity index (χ0n) is 16.1. The molecule has 0 saturated heterocycles. The largest absolute Gasteiger partial charge is 0.490 e. The summed E-state index contributed by atoms with van der Waals surface area (Å²) in [6.07, 6.45) is 2.18. The third-order valence-electron chi connectivity index (χ3n) is 3.86. The lowest BCUT2D eigenvalue weighted by Crippen LogP contribution is -2.23. The van der Waals surface area contributed by atoms with Gasteiger partial charge in [0, 0.05) is 22.5 Å². The lowest BCUT2D eigenvalue weighted by atomic mass is 10.2. The maximum absolute atomic E-state index is 12.4. The first kappa shape index (κ1) is 25.7. The first-order chi connectivity index (χ1) is 14.2. The number of sulfonamides is 1. The summed E-state index contributed by atoms with van der Waals surface area (Å²) < 4.78 is 49.9. The Balaban J connectivity index is 2.27. The van der Waals surface area contributed by atoms with Gasteiger partial charge in [-0.2, -0.15) is 4.72 Å². The van der Waals surface area contributed by atoms with Gasteiger partial charge in [0.1, 0.15) is 10.5 Å². The molecule has 8 nitrogen and oxygen atoms in total. The highest BCUT2D eigenvalue weighted by Gasteiger charge is 2.23. The molecule has 0 aliphatic carbocycles. The van der Waals surface area contributed by atoms with Gasteiger partial charge in [0.15, 0.2) is 11.5 Å². The van der Waals surface area contributed by atoms with Crippen molar-refractivity contribution in [1.29, 1.82) is 0 Å². The van der Waals surface area contributed by atoms with E-state index in [4.69, 9.17) is 42.5 Å². The van der Waals surface area contributed by atoms with E-state index in [0.717, 1.165) is 37.0 Å². The van der Waals surface area contributed by atoms with Crippen LogP contribution in [0.5, 0.6) is 11.5 Å². The number of thiophene rings is 1. The molecule has 170 valence electrons. The number of fused-ring (bicyclic) bond motifs is 1. The summed E-state index contributed by atoms with van der Waals surface area (Å²) in [5, 5.41) is 0.622. The Kier molecular flexibility index (Phi) is 10.2. The molecule has 0 aliphatic heterocycles. The van der Waals surface area contributed by atoms with Crippen molar-refractivity contribution in [3.8, 4) is 11.5 Å². The van der Waals surface area contributed by atoms with Gasteiger partial charge >= 0.3 is 7.60 Å². The Labute approximate surface area is 189 Å². The summed E-state index contributed by atoms with van der Waals surface area (Å²) in [5.41, 5.74) is 0. The molecule has 0 unspecified atom stereocenters. The molecular formula is C17H24Cl2NO7PS2. The summed E-state index contributed by atoms with van der Waals surface area (Å²) in [4.78, 5) is 17.8. The molecule has 2 rings (SSSR count). The van der Waals surface area contributed by atoms with Gasteiger partial charge in [0.05, 0.1) is 13.2 Å². The Morgan fingerprint density at radius 3 is 2.07 bits per heavy atom. The van der Waals surface area contributed by atoms with Crippen LogP contribution in [0.3, 0.4) is 0 Å². The third-order valence-corrected chi connectivity index (χ3v) is 8.15. The van der Waals surface area contributed by atoms with E-state index in [-0.39, 0.29) is 4.21 Å². The zero-order chi connectivity index (χ0) is 22.2. The first-order valence-corrected chi connectivity index (χ1v) is 14.3. The predicted octanol–water partition coefficient (Wildman–Crippen LogP) is 4.11. The van der Waals surface area contributed by atoms with Crippen LogP contribution in [0, 0.1) is 0 Å². The fourth-order valence-corrected chi connectivity index (χ4v) is 6.22. The van der Waals surface area contributed by atoms with Crippen LogP contribution >= 0.6 is 42.1 Å². The molecule has 1 aromatic carbocycles. The van der Waals surface area contributed by atoms with E-state index in [0.29, 0.717) is 46.6 Å². The number of hydrogen-bond acceptors (Lipinski definition) is 6. The van der Waals surface area contributed by atoms with E-state index in [1.54, 1.807) is 12.1 Å². The third kappa shape index (κ3) is 8.16. The molecule has 1 aromatic heterocycles. The summed E-state index contributed by atoms with van der Waals surface area (Å²) >= 11 is 12.4. The number of halogens is 2. The highest BCUT2D eigenvalue weighted by atomic mass is 35.5. The lowest BCUT2D eigenvalue weighted by Gasteiger charge is -2.13. The minimum Gasteiger partial charge on any atom is -0.490 e. The molecule has 0 fully saturated rings. The van der Waals surface area contributed by atoms with Crippen LogP contribution in [0.4, 0.5) is 0 Å². The van der Waals surface area contributed by atoms with Gasteiger partial charge in [-0.05, 0) is 43.2 Å². The lowest BCUT2D eigenvalue weighted by molar-refractivity contribution is 0.263. The number of rotatable bonds is 14. The summed E-state index contributed by atoms with van der Waals surface area (Å²) in [7, 11) is -8.58. The van der Waals surface area contributed by atoms with Crippen molar-refractivity contribution >= 4 is 62.2 Å². The van der Waals surface area contributed by atoms with Crippen LogP contribution in [-0.4, -0.2) is 49.5 Å². The van der Waals surface area contributed by atoms with Gasteiger partial charge in [-0.15, -0.1) is 34.5 Å². The summed E-state index contributed by atoms with van der Waals surface area (Å²) in [5.74, 6) is 2.07. The Morgan fingerprint density at radius 1 is 0.967 bits per heavy atom. The molecular weight excluding hydrogens is 496 g/mol. The normalized spacial score (nSPS) is 12.4. The van der Waals surface area contributed by atoms with Gasteiger partial charge in [0.25, 0.3) is 10.0 Å². The molecule has 0 saturated carbocycles. The maximum Gasteiger partial charge on any atom is 0.340 e. The SMILES string of the molecule is O=P(O)(O)CNS(=O)(=O)c1cc2cc(OCCCCCl)c(OCCCCCl)cc2s1. The molecule has 3 N–H and O–H groups in total. The van der Waals surface area contributed by atoms with E-state index in [2.05, 4.69) is 0 Å². The molecule has 1 heterocycles. The Morgan fingerprint density at radius 2 is 1.53 bits per heavy atom. The zero-order valence-corrected chi connectivity index (χ0v) is 20.1. The number of ether oxygens (including phenoxy) is 2. The van der Waals surface area contributed by atoms with Crippen molar-refractivity contribution in [3.63, 3.8) is 0 Å². The smallest absolute Gasteiger partial charge is 0.340 e. The number of alkyl halides is 2. The van der Waals surface area contributed by atoms with Crippen molar-refractivity contribution in [1.82, 2.24) is 4.72 Å². The second-order valence-corrected chi connectivity index (χ2v) is 11.8. The van der Waals surface area contributed by atoms with Gasteiger partial charge in [-0.1, -0.05) is 0 Å². The highest BCUT2D eigenvalue weighted by molar-refractivity contribution is 7.92. The molecule has 0 bridgehead atoms. The second kappa shape index (κ2) is 11.9. The van der Waals surface area contributed by atoms with Gasteiger partial charge < -0.3 is 19.3 Å². The molecule has 0 atom stereocenters. The summed E-state index contributed by atoms with van der Waals surface area (Å²) in [6.45, 7) is 0.881. The van der Waals surface area contributed by atoms with Crippen LogP contribution in [-0.2, 0) is 14.6 Å². The average Bonchev–Trinajstić information content (AvgIpc) is 3.10. The number of hydrogen-bond donors (Lipinski definition) is 3. The van der Waals surface area contributed by atoms with Crippen molar-refractivity contribution in [2.75, 3.05) is 31.3 Å². The molecule has 0 amide bonds. The first-order valence-electron chi connectivity index (χ1n) is 9.15. The van der Waals surface area contributed by atoms with E-state index < -0.39 is 23.9 Å². The molecule has 2 aromatic rings. The minimum absolute atomic E-state index is 0.0571. The molecule has 0 radical (unpaired) electrons. The van der Waals surface area contributed by atoms with E-state index in [9.17, 15) is 13.0 Å². The van der Waals surface area contributed by atoms with Crippen LogP contribution < -0.4 is 14.2 Å². The van der Waals surface area contributed by atoms with Crippen LogP contribution in [0.2, 0.25) is 0 Å². The number of benzene rings is 1. The van der Waals surface area contributed by atoms with Crippen LogP contribution in [0.25, 0.3) is 10.1 Å². The topological polar surface area (TPSA) is 122 Å². The monoisotopic (exact) mass is 519 g/mol. The van der Waals surface area contributed by atoms with Crippen LogP contribution in [0.1, 0.15) is 25.7 Å². The fraction of sp³-hybridized carbons (Fsp3) is 0.529. The van der Waals surface area contributed by atoms with Gasteiger partial charge in [-0.25, -0.2) is 8.42 Å². The average molecular weight is 520 g/mol. The van der Waals surface area contributed by atoms with E-state index in [1.807, 2.05) is 4.72 Å². The number of unbranched alkanes of at least 4 members (excludes halogenated alkanes) is 2. The molecule has 13 heteroatoms. The summed E-state index contributed by atoms with van der Waals surface area (Å²) in [6, 6.07) is 4.84. The minimum atomic E-state index is -4.51. The maximum atomic E-state index is 12.4. The Bertz CT molecular complexity index is 929. The van der Waals surface area contributed by atoms with Gasteiger partial charge in [-0.3, -0.25) is 4.57 Å². The van der Waals surface area contributed by atoms with Crippen molar-refractivity contribution in [3.05, 3.63) is 18.2 Å². The molecule has 0 aliphatic rings. The van der Waals surface area contributed by atoms with E-state index in [1.165, 1.54) is 6.07 Å². The van der Waals surface area contributed by atoms with Crippen molar-refractivity contribution < 1.29 is 32.2 Å². The van der Waals surface area contributed by atoms with Crippen molar-refractivity contribution in [2.24, 2.45) is 0 Å². The number of nitrogens with one attached hydrogen (secondary N) is 1. The molecule has 0 spiro atoms. The van der Waals surface area contributed by atoms with E-state index >= 15 is 0 Å². The standard InChI is InChI=1S/C17H24Cl2NO7PS2/c18-5-1-3-7-26-14-9-13-10-17(30(24,25)20-12-28(21,22)23)29-16(13)11-15(14)27-8-4-2-6-19/h9-11,20H,1-8,12H2,(H2,21,22,23). The van der Waals surface area contributed by atoms with Gasteiger partial charge in [0.2, 0.25) is 0 Å². The fourth-order valence-electron chi connectivity index (χ4n) is 2.38. The Hall–Kier alpha value is -0.580. The quantitative estimate of drug-likeness (QED) is 0.195.